The number of rotatable bonds is 3. The predicted octanol–water partition coefficient (Wildman–Crippen LogP) is 4.11. The largest absolute Gasteiger partial charge is 0.411 e. The van der Waals surface area contributed by atoms with Crippen LogP contribution in [-0.4, -0.2) is 17.1 Å². The van der Waals surface area contributed by atoms with Crippen molar-refractivity contribution >= 4 is 21.6 Å². The van der Waals surface area contributed by atoms with Gasteiger partial charge in [-0.2, -0.15) is 13.2 Å². The summed E-state index contributed by atoms with van der Waals surface area (Å²) in [5.41, 5.74) is -0.479. The third kappa shape index (κ3) is 3.99. The van der Waals surface area contributed by atoms with E-state index >= 15 is 0 Å². The summed E-state index contributed by atoms with van der Waals surface area (Å²) >= 11 is 2.90. The average molecular weight is 314 g/mol. The summed E-state index contributed by atoms with van der Waals surface area (Å²) < 4.78 is 49.7. The summed E-state index contributed by atoms with van der Waals surface area (Å²) in [6.07, 6.45) is -6.12. The van der Waals surface area contributed by atoms with Crippen LogP contribution in [0.1, 0.15) is 18.4 Å². The zero-order valence-electron chi connectivity index (χ0n) is 8.43. The van der Waals surface area contributed by atoms with Crippen LogP contribution in [0.4, 0.5) is 17.6 Å². The van der Waals surface area contributed by atoms with Crippen LogP contribution in [-0.2, 0) is 0 Å². The summed E-state index contributed by atoms with van der Waals surface area (Å²) in [5, 5.41) is 11.3. The first-order valence-electron chi connectivity index (χ1n) is 4.57. The Balaban J connectivity index is 2.92. The minimum atomic E-state index is -4.38. The Labute approximate surface area is 103 Å². The molecule has 0 unspecified atom stereocenters. The van der Waals surface area contributed by atoms with Crippen molar-refractivity contribution in [2.24, 2.45) is 5.16 Å². The monoisotopic (exact) mass is 313 g/mol. The van der Waals surface area contributed by atoms with Gasteiger partial charge in [-0.25, -0.2) is 4.39 Å². The van der Waals surface area contributed by atoms with Crippen molar-refractivity contribution in [2.45, 2.75) is 19.0 Å². The van der Waals surface area contributed by atoms with E-state index in [1.165, 1.54) is 18.2 Å². The van der Waals surface area contributed by atoms with Crippen molar-refractivity contribution < 1.29 is 22.8 Å². The van der Waals surface area contributed by atoms with Gasteiger partial charge < -0.3 is 5.21 Å². The van der Waals surface area contributed by atoms with Crippen LogP contribution in [0.25, 0.3) is 0 Å². The number of nitrogens with zero attached hydrogens (tertiary/aromatic N) is 1. The van der Waals surface area contributed by atoms with E-state index in [1.807, 2.05) is 0 Å². The second-order valence-electron chi connectivity index (χ2n) is 3.26. The molecule has 1 N–H and O–H groups in total. The molecular formula is C10H8BrF4NO. The molecule has 0 saturated carbocycles. The number of oxime groups is 1. The van der Waals surface area contributed by atoms with Crippen molar-refractivity contribution in [1.29, 1.82) is 0 Å². The molecular weight excluding hydrogens is 306 g/mol. The summed E-state index contributed by atoms with van der Waals surface area (Å²) in [7, 11) is 0. The van der Waals surface area contributed by atoms with Crippen molar-refractivity contribution in [1.82, 2.24) is 0 Å². The van der Waals surface area contributed by atoms with E-state index in [0.717, 1.165) is 0 Å². The number of hydrogen-bond donors (Lipinski definition) is 1. The Hall–Kier alpha value is -1.11. The molecule has 94 valence electrons. The van der Waals surface area contributed by atoms with Crippen LogP contribution < -0.4 is 0 Å². The van der Waals surface area contributed by atoms with E-state index in [1.54, 1.807) is 0 Å². The first-order chi connectivity index (χ1) is 7.85. The minimum absolute atomic E-state index is 0.100. The van der Waals surface area contributed by atoms with Gasteiger partial charge in [-0.15, -0.1) is 0 Å². The fourth-order valence-electron chi connectivity index (χ4n) is 1.23. The van der Waals surface area contributed by atoms with Crippen LogP contribution in [0, 0.1) is 5.82 Å². The van der Waals surface area contributed by atoms with Gasteiger partial charge in [-0.05, 0) is 28.1 Å². The van der Waals surface area contributed by atoms with Crippen LogP contribution in [0.5, 0.6) is 0 Å². The van der Waals surface area contributed by atoms with Gasteiger partial charge in [0, 0.05) is 18.4 Å². The van der Waals surface area contributed by atoms with E-state index in [-0.39, 0.29) is 15.7 Å². The quantitative estimate of drug-likeness (QED) is 0.387. The molecule has 0 aromatic heterocycles. The zero-order valence-corrected chi connectivity index (χ0v) is 10.0. The number of halogens is 5. The SMILES string of the molecule is O/N=C(\CCC(F)(F)F)c1cccc(Br)c1F. The van der Waals surface area contributed by atoms with Crippen LogP contribution in [0.15, 0.2) is 27.8 Å². The normalized spacial score (nSPS) is 12.9. The van der Waals surface area contributed by atoms with Crippen molar-refractivity contribution in [3.63, 3.8) is 0 Å². The molecule has 0 bridgehead atoms. The summed E-state index contributed by atoms with van der Waals surface area (Å²) in [6.45, 7) is 0. The second-order valence-corrected chi connectivity index (χ2v) is 4.12. The summed E-state index contributed by atoms with van der Waals surface area (Å²) in [6, 6.07) is 4.10. The topological polar surface area (TPSA) is 32.6 Å². The lowest BCUT2D eigenvalue weighted by Gasteiger charge is -2.09. The van der Waals surface area contributed by atoms with E-state index in [2.05, 4.69) is 21.1 Å². The molecule has 0 atom stereocenters. The molecule has 1 rings (SSSR count). The first kappa shape index (κ1) is 14.0. The van der Waals surface area contributed by atoms with Crippen molar-refractivity contribution in [3.8, 4) is 0 Å². The van der Waals surface area contributed by atoms with Crippen LogP contribution in [0.2, 0.25) is 0 Å². The third-order valence-electron chi connectivity index (χ3n) is 2.03. The highest BCUT2D eigenvalue weighted by atomic mass is 79.9. The Bertz CT molecular complexity index is 431. The maximum Gasteiger partial charge on any atom is 0.389 e. The highest BCUT2D eigenvalue weighted by Crippen LogP contribution is 2.25. The summed E-state index contributed by atoms with van der Waals surface area (Å²) in [5.74, 6) is -0.748. The lowest BCUT2D eigenvalue weighted by Crippen LogP contribution is -2.12. The standard InChI is InChI=1S/C10H8BrF4NO/c11-7-3-1-2-6(9(7)12)8(16-17)4-5-10(13,14)15/h1-3,17H,4-5H2/b16-8+. The Morgan fingerprint density at radius 3 is 2.53 bits per heavy atom. The molecule has 17 heavy (non-hydrogen) atoms. The fraction of sp³-hybridized carbons (Fsp3) is 0.300. The molecule has 0 amide bonds. The lowest BCUT2D eigenvalue weighted by molar-refractivity contribution is -0.132. The van der Waals surface area contributed by atoms with Gasteiger partial charge in [0.1, 0.15) is 5.82 Å². The zero-order chi connectivity index (χ0) is 13.1. The molecule has 1 aromatic carbocycles. The number of hydrogen-bond acceptors (Lipinski definition) is 2. The molecule has 0 aliphatic carbocycles. The Morgan fingerprint density at radius 2 is 2.00 bits per heavy atom. The van der Waals surface area contributed by atoms with E-state index < -0.39 is 24.8 Å². The minimum Gasteiger partial charge on any atom is -0.411 e. The van der Waals surface area contributed by atoms with Gasteiger partial charge in [-0.3, -0.25) is 0 Å². The summed E-state index contributed by atoms with van der Waals surface area (Å²) in [4.78, 5) is 0. The highest BCUT2D eigenvalue weighted by Gasteiger charge is 2.28. The number of benzene rings is 1. The van der Waals surface area contributed by atoms with Gasteiger partial charge >= 0.3 is 6.18 Å². The van der Waals surface area contributed by atoms with Gasteiger partial charge in [0.05, 0.1) is 10.2 Å². The molecule has 0 aliphatic rings. The van der Waals surface area contributed by atoms with Crippen LogP contribution >= 0.6 is 15.9 Å². The average Bonchev–Trinajstić information content (AvgIpc) is 2.23. The lowest BCUT2D eigenvalue weighted by atomic mass is 10.1. The van der Waals surface area contributed by atoms with E-state index in [0.29, 0.717) is 0 Å². The Morgan fingerprint density at radius 1 is 1.35 bits per heavy atom. The molecule has 0 aliphatic heterocycles. The Kier molecular flexibility index (Phi) is 4.50. The fourth-order valence-corrected chi connectivity index (χ4v) is 1.59. The van der Waals surface area contributed by atoms with E-state index in [9.17, 15) is 17.6 Å². The molecule has 2 nitrogen and oxygen atoms in total. The molecule has 0 radical (unpaired) electrons. The second kappa shape index (κ2) is 5.48. The number of alkyl halides is 3. The van der Waals surface area contributed by atoms with Crippen LogP contribution in [0.3, 0.4) is 0 Å². The molecule has 0 saturated heterocycles. The smallest absolute Gasteiger partial charge is 0.389 e. The highest BCUT2D eigenvalue weighted by molar-refractivity contribution is 9.10. The molecule has 1 aromatic rings. The molecule has 0 spiro atoms. The predicted molar refractivity (Wildman–Crippen MR) is 57.7 cm³/mol. The van der Waals surface area contributed by atoms with Crippen molar-refractivity contribution in [3.05, 3.63) is 34.1 Å². The third-order valence-corrected chi connectivity index (χ3v) is 2.64. The maximum absolute atomic E-state index is 13.5. The van der Waals surface area contributed by atoms with E-state index in [4.69, 9.17) is 5.21 Å². The van der Waals surface area contributed by atoms with Crippen molar-refractivity contribution in [2.75, 3.05) is 0 Å². The van der Waals surface area contributed by atoms with Gasteiger partial charge in [0.15, 0.2) is 0 Å². The molecule has 0 fully saturated rings. The van der Waals surface area contributed by atoms with Gasteiger partial charge in [0.2, 0.25) is 0 Å². The molecule has 7 heteroatoms. The molecule has 0 heterocycles. The first-order valence-corrected chi connectivity index (χ1v) is 5.36. The van der Waals surface area contributed by atoms with Gasteiger partial charge in [0.25, 0.3) is 0 Å². The van der Waals surface area contributed by atoms with Gasteiger partial charge in [-0.1, -0.05) is 11.2 Å². The maximum atomic E-state index is 13.5.